The number of methoxy groups -OCH3 is 1. The van der Waals surface area contributed by atoms with E-state index in [4.69, 9.17) is 4.74 Å². The molecule has 2 unspecified atom stereocenters. The summed E-state index contributed by atoms with van der Waals surface area (Å²) < 4.78 is 5.31. The number of aliphatic hydroxyl groups is 1. The second-order valence-electron chi connectivity index (χ2n) is 5.12. The molecule has 0 aliphatic heterocycles. The number of hydrogen-bond acceptors (Lipinski definition) is 3. The van der Waals surface area contributed by atoms with Gasteiger partial charge in [0.15, 0.2) is 0 Å². The number of ether oxygens (including phenoxy) is 1. The van der Waals surface area contributed by atoms with Gasteiger partial charge in [0.2, 0.25) is 0 Å². The van der Waals surface area contributed by atoms with Crippen LogP contribution < -0.4 is 4.74 Å². The van der Waals surface area contributed by atoms with Gasteiger partial charge in [-0.1, -0.05) is 13.3 Å². The predicted octanol–water partition coefficient (Wildman–Crippen LogP) is 2.88. The maximum Gasteiger partial charge on any atom is 0.143 e. The van der Waals surface area contributed by atoms with Crippen molar-refractivity contribution in [2.45, 2.75) is 44.6 Å². The molecular weight excluding hydrogens is 214 g/mol. The van der Waals surface area contributed by atoms with Crippen molar-refractivity contribution in [3.05, 3.63) is 24.0 Å². The quantitative estimate of drug-likeness (QED) is 0.801. The summed E-state index contributed by atoms with van der Waals surface area (Å²) >= 11 is 0. The minimum Gasteiger partial charge on any atom is -0.495 e. The molecule has 0 bridgehead atoms. The van der Waals surface area contributed by atoms with Gasteiger partial charge in [-0.05, 0) is 43.7 Å². The molecule has 2 atom stereocenters. The Bertz CT molecular complexity index is 380. The molecular formula is C14H21NO2. The lowest BCUT2D eigenvalue weighted by Crippen LogP contribution is -2.26. The fourth-order valence-electron chi connectivity index (χ4n) is 2.64. The van der Waals surface area contributed by atoms with Crippen molar-refractivity contribution in [3.63, 3.8) is 0 Å². The lowest BCUT2D eigenvalue weighted by Gasteiger charge is -2.27. The molecule has 1 aromatic heterocycles. The van der Waals surface area contributed by atoms with Crippen molar-refractivity contribution >= 4 is 0 Å². The summed E-state index contributed by atoms with van der Waals surface area (Å²) in [5.74, 6) is 1.39. The van der Waals surface area contributed by atoms with Crippen LogP contribution in [0.25, 0.3) is 0 Å². The zero-order valence-corrected chi connectivity index (χ0v) is 10.6. The van der Waals surface area contributed by atoms with Crippen molar-refractivity contribution < 1.29 is 9.84 Å². The third kappa shape index (κ3) is 2.60. The van der Waals surface area contributed by atoms with Crippen LogP contribution in [-0.2, 0) is 5.60 Å². The smallest absolute Gasteiger partial charge is 0.143 e. The van der Waals surface area contributed by atoms with Crippen LogP contribution in [0.1, 0.15) is 44.7 Å². The van der Waals surface area contributed by atoms with Gasteiger partial charge >= 0.3 is 0 Å². The van der Waals surface area contributed by atoms with Gasteiger partial charge in [-0.3, -0.25) is 4.98 Å². The molecule has 3 heteroatoms. The van der Waals surface area contributed by atoms with E-state index >= 15 is 0 Å². The van der Waals surface area contributed by atoms with Crippen LogP contribution in [0.4, 0.5) is 0 Å². The van der Waals surface area contributed by atoms with Crippen molar-refractivity contribution in [1.82, 2.24) is 4.98 Å². The Hall–Kier alpha value is -1.09. The van der Waals surface area contributed by atoms with Crippen LogP contribution in [0, 0.1) is 5.92 Å². The minimum atomic E-state index is -0.808. The molecule has 1 N–H and O–H groups in total. The van der Waals surface area contributed by atoms with Gasteiger partial charge in [-0.15, -0.1) is 0 Å². The Kier molecular flexibility index (Phi) is 3.67. The number of pyridine rings is 1. The molecule has 1 aliphatic carbocycles. The highest BCUT2D eigenvalue weighted by atomic mass is 16.5. The summed E-state index contributed by atoms with van der Waals surface area (Å²) in [4.78, 5) is 4.34. The van der Waals surface area contributed by atoms with Gasteiger partial charge in [-0.25, -0.2) is 0 Å². The molecule has 0 saturated heterocycles. The van der Waals surface area contributed by atoms with Crippen LogP contribution in [-0.4, -0.2) is 17.2 Å². The monoisotopic (exact) mass is 235 g/mol. The summed E-state index contributed by atoms with van der Waals surface area (Å²) in [7, 11) is 1.63. The molecule has 0 spiro atoms. The zero-order valence-electron chi connectivity index (χ0n) is 10.6. The normalized spacial score (nSPS) is 29.7. The third-order valence-corrected chi connectivity index (χ3v) is 3.77. The topological polar surface area (TPSA) is 42.4 Å². The molecule has 1 fully saturated rings. The van der Waals surface area contributed by atoms with Crippen LogP contribution in [0.5, 0.6) is 5.75 Å². The van der Waals surface area contributed by atoms with E-state index in [9.17, 15) is 5.11 Å². The molecule has 3 nitrogen and oxygen atoms in total. The van der Waals surface area contributed by atoms with Crippen LogP contribution in [0.3, 0.4) is 0 Å². The Morgan fingerprint density at radius 1 is 1.41 bits per heavy atom. The number of hydrogen-bond donors (Lipinski definition) is 1. The maximum absolute atomic E-state index is 10.8. The van der Waals surface area contributed by atoms with E-state index in [1.165, 1.54) is 6.42 Å². The average Bonchev–Trinajstić information content (AvgIpc) is 2.52. The molecule has 0 amide bonds. The molecule has 1 heterocycles. The first-order valence-electron chi connectivity index (χ1n) is 6.37. The first-order valence-corrected chi connectivity index (χ1v) is 6.37. The molecule has 94 valence electrons. The first kappa shape index (κ1) is 12.4. The predicted molar refractivity (Wildman–Crippen MR) is 66.9 cm³/mol. The molecule has 2 rings (SSSR count). The standard InChI is InChI=1S/C14H21NO2/c1-11-5-3-8-14(16,9-7-11)13-12(17-2)6-4-10-15-13/h4,6,10-11,16H,3,5,7-9H2,1-2H3. The average molecular weight is 235 g/mol. The highest BCUT2D eigenvalue weighted by molar-refractivity contribution is 5.31. The molecule has 17 heavy (non-hydrogen) atoms. The van der Waals surface area contributed by atoms with E-state index in [0.717, 1.165) is 25.7 Å². The summed E-state index contributed by atoms with van der Waals surface area (Å²) in [6.07, 6.45) is 6.58. The largest absolute Gasteiger partial charge is 0.495 e. The molecule has 1 saturated carbocycles. The van der Waals surface area contributed by atoms with Crippen molar-refractivity contribution in [3.8, 4) is 5.75 Å². The number of rotatable bonds is 2. The first-order chi connectivity index (χ1) is 8.15. The van der Waals surface area contributed by atoms with E-state index in [1.54, 1.807) is 13.3 Å². The van der Waals surface area contributed by atoms with Crippen LogP contribution >= 0.6 is 0 Å². The summed E-state index contributed by atoms with van der Waals surface area (Å²) in [6.45, 7) is 2.25. The highest BCUT2D eigenvalue weighted by Gasteiger charge is 2.35. The fraction of sp³-hybridized carbons (Fsp3) is 0.643. The minimum absolute atomic E-state index is 0.693. The fourth-order valence-corrected chi connectivity index (χ4v) is 2.64. The molecule has 1 aromatic rings. The lowest BCUT2D eigenvalue weighted by atomic mass is 9.89. The number of aromatic nitrogens is 1. The summed E-state index contributed by atoms with van der Waals surface area (Å²) in [5, 5.41) is 10.8. The number of nitrogens with zero attached hydrogens (tertiary/aromatic N) is 1. The Labute approximate surface area is 103 Å². The van der Waals surface area contributed by atoms with Gasteiger partial charge in [0.05, 0.1) is 7.11 Å². The lowest BCUT2D eigenvalue weighted by molar-refractivity contribution is 0.0132. The highest BCUT2D eigenvalue weighted by Crippen LogP contribution is 2.40. The van der Waals surface area contributed by atoms with Gasteiger partial charge in [-0.2, -0.15) is 0 Å². The van der Waals surface area contributed by atoms with E-state index < -0.39 is 5.60 Å². The zero-order chi connectivity index (χ0) is 12.3. The van der Waals surface area contributed by atoms with Crippen molar-refractivity contribution in [2.24, 2.45) is 5.92 Å². The maximum atomic E-state index is 10.8. The van der Waals surface area contributed by atoms with Crippen LogP contribution in [0.2, 0.25) is 0 Å². The SMILES string of the molecule is COc1cccnc1C1(O)CCCC(C)CC1. The molecule has 1 aliphatic rings. The Morgan fingerprint density at radius 2 is 2.24 bits per heavy atom. The van der Waals surface area contributed by atoms with Gasteiger partial charge in [0.1, 0.15) is 17.0 Å². The van der Waals surface area contributed by atoms with E-state index in [2.05, 4.69) is 11.9 Å². The summed E-state index contributed by atoms with van der Waals surface area (Å²) in [6, 6.07) is 3.71. The van der Waals surface area contributed by atoms with Gasteiger partial charge in [0, 0.05) is 6.20 Å². The summed E-state index contributed by atoms with van der Waals surface area (Å²) in [5.41, 5.74) is -0.103. The Morgan fingerprint density at radius 3 is 3.00 bits per heavy atom. The second kappa shape index (κ2) is 5.05. The molecule has 0 aromatic carbocycles. The Balaban J connectivity index is 2.29. The van der Waals surface area contributed by atoms with Crippen molar-refractivity contribution in [1.29, 1.82) is 0 Å². The second-order valence-corrected chi connectivity index (χ2v) is 5.12. The van der Waals surface area contributed by atoms with Crippen molar-refractivity contribution in [2.75, 3.05) is 7.11 Å². The van der Waals surface area contributed by atoms with Crippen LogP contribution in [0.15, 0.2) is 18.3 Å². The molecule has 0 radical (unpaired) electrons. The van der Waals surface area contributed by atoms with Gasteiger partial charge in [0.25, 0.3) is 0 Å². The van der Waals surface area contributed by atoms with Gasteiger partial charge < -0.3 is 9.84 Å². The van der Waals surface area contributed by atoms with E-state index in [0.29, 0.717) is 17.4 Å². The van der Waals surface area contributed by atoms with E-state index in [1.807, 2.05) is 12.1 Å². The third-order valence-electron chi connectivity index (χ3n) is 3.77. The van der Waals surface area contributed by atoms with E-state index in [-0.39, 0.29) is 0 Å².